The van der Waals surface area contributed by atoms with Crippen LogP contribution in [-0.2, 0) is 0 Å². The molecule has 2 rings (SSSR count). The molecule has 1 amide bonds. The van der Waals surface area contributed by atoms with Gasteiger partial charge in [-0.1, -0.05) is 13.8 Å². The van der Waals surface area contributed by atoms with Crippen molar-refractivity contribution in [3.63, 3.8) is 0 Å². The van der Waals surface area contributed by atoms with Gasteiger partial charge in [-0.25, -0.2) is 9.37 Å². The molecule has 1 aliphatic heterocycles. The molecule has 0 spiro atoms. The summed E-state index contributed by atoms with van der Waals surface area (Å²) in [6, 6.07) is 3.19. The first-order valence-electron chi connectivity index (χ1n) is 7.20. The number of likely N-dealkylation sites (tertiary alicyclic amines) is 1. The first kappa shape index (κ1) is 14.9. The van der Waals surface area contributed by atoms with Gasteiger partial charge in [0.2, 0.25) is 0 Å². The fourth-order valence-corrected chi connectivity index (χ4v) is 2.48. The Hall–Kier alpha value is -1.49. The maximum Gasteiger partial charge on any atom is 0.272 e. The lowest BCUT2D eigenvalue weighted by Gasteiger charge is -2.33. The quantitative estimate of drug-likeness (QED) is 0.917. The zero-order valence-corrected chi connectivity index (χ0v) is 12.1. The van der Waals surface area contributed by atoms with Crippen molar-refractivity contribution in [2.24, 2.45) is 5.92 Å². The van der Waals surface area contributed by atoms with Gasteiger partial charge in [0.05, 0.1) is 6.20 Å². The molecular weight excluding hydrogens is 257 g/mol. The van der Waals surface area contributed by atoms with Gasteiger partial charge >= 0.3 is 0 Å². The molecule has 110 valence electrons. The smallest absolute Gasteiger partial charge is 0.272 e. The standard InChI is InChI=1S/C15H22FN3O/c1-11(2)17-8-12-4-3-7-19(10-12)15(20)14-6-5-13(16)9-18-14/h5-6,9,11-12,17H,3-4,7-8,10H2,1-2H3. The van der Waals surface area contributed by atoms with Crippen molar-refractivity contribution >= 4 is 5.91 Å². The Labute approximate surface area is 119 Å². The highest BCUT2D eigenvalue weighted by atomic mass is 19.1. The number of nitrogens with zero attached hydrogens (tertiary/aromatic N) is 2. The van der Waals surface area contributed by atoms with E-state index >= 15 is 0 Å². The molecule has 4 nitrogen and oxygen atoms in total. The van der Waals surface area contributed by atoms with Crippen molar-refractivity contribution in [1.29, 1.82) is 0 Å². The summed E-state index contributed by atoms with van der Waals surface area (Å²) < 4.78 is 12.8. The number of piperidine rings is 1. The van der Waals surface area contributed by atoms with Gasteiger partial charge in [0.25, 0.3) is 5.91 Å². The zero-order chi connectivity index (χ0) is 14.5. The van der Waals surface area contributed by atoms with E-state index in [0.29, 0.717) is 17.7 Å². The van der Waals surface area contributed by atoms with Gasteiger partial charge in [-0.2, -0.15) is 0 Å². The number of pyridine rings is 1. The summed E-state index contributed by atoms with van der Waals surface area (Å²) in [6.07, 6.45) is 3.24. The molecule has 5 heteroatoms. The van der Waals surface area contributed by atoms with Crippen molar-refractivity contribution in [3.8, 4) is 0 Å². The Morgan fingerprint density at radius 3 is 3.00 bits per heavy atom. The zero-order valence-electron chi connectivity index (χ0n) is 12.1. The Morgan fingerprint density at radius 2 is 2.35 bits per heavy atom. The Kier molecular flexibility index (Phi) is 5.06. The molecule has 0 saturated carbocycles. The molecule has 0 aliphatic carbocycles. The van der Waals surface area contributed by atoms with Crippen molar-refractivity contribution in [2.75, 3.05) is 19.6 Å². The van der Waals surface area contributed by atoms with Gasteiger partial charge in [0, 0.05) is 19.1 Å². The van der Waals surface area contributed by atoms with Gasteiger partial charge < -0.3 is 10.2 Å². The number of aromatic nitrogens is 1. The molecule has 1 saturated heterocycles. The summed E-state index contributed by atoms with van der Waals surface area (Å²) in [5, 5.41) is 3.42. The highest BCUT2D eigenvalue weighted by molar-refractivity contribution is 5.92. The van der Waals surface area contributed by atoms with Crippen LogP contribution in [0.3, 0.4) is 0 Å². The van der Waals surface area contributed by atoms with Crippen LogP contribution in [0, 0.1) is 11.7 Å². The lowest BCUT2D eigenvalue weighted by atomic mass is 9.97. The fraction of sp³-hybridized carbons (Fsp3) is 0.600. The first-order valence-corrected chi connectivity index (χ1v) is 7.20. The number of rotatable bonds is 4. The van der Waals surface area contributed by atoms with Gasteiger partial charge in [-0.05, 0) is 37.4 Å². The highest BCUT2D eigenvalue weighted by Gasteiger charge is 2.25. The van der Waals surface area contributed by atoms with Crippen LogP contribution < -0.4 is 5.32 Å². The van der Waals surface area contributed by atoms with Crippen LogP contribution in [0.4, 0.5) is 4.39 Å². The minimum absolute atomic E-state index is 0.0979. The number of amides is 1. The summed E-state index contributed by atoms with van der Waals surface area (Å²) in [6.45, 7) is 6.67. The largest absolute Gasteiger partial charge is 0.337 e. The monoisotopic (exact) mass is 279 g/mol. The van der Waals surface area contributed by atoms with Crippen LogP contribution in [0.1, 0.15) is 37.2 Å². The SMILES string of the molecule is CC(C)NCC1CCCN(C(=O)c2ccc(F)cn2)C1. The Bertz CT molecular complexity index is 447. The minimum atomic E-state index is -0.417. The summed E-state index contributed by atoms with van der Waals surface area (Å²) in [5.41, 5.74) is 0.323. The molecule has 1 aromatic rings. The number of carbonyl (C=O) groups excluding carboxylic acids is 1. The van der Waals surface area contributed by atoms with Gasteiger partial charge in [0.1, 0.15) is 11.5 Å². The highest BCUT2D eigenvalue weighted by Crippen LogP contribution is 2.17. The van der Waals surface area contributed by atoms with E-state index in [-0.39, 0.29) is 5.91 Å². The molecule has 1 aromatic heterocycles. The average Bonchev–Trinajstić information content (AvgIpc) is 2.45. The maximum atomic E-state index is 12.8. The molecule has 1 atom stereocenters. The van der Waals surface area contributed by atoms with Gasteiger partial charge in [-0.3, -0.25) is 4.79 Å². The number of halogens is 1. The summed E-state index contributed by atoms with van der Waals surface area (Å²) in [7, 11) is 0. The first-order chi connectivity index (χ1) is 9.56. The third-order valence-electron chi connectivity index (χ3n) is 3.57. The average molecular weight is 279 g/mol. The molecule has 0 radical (unpaired) electrons. The topological polar surface area (TPSA) is 45.2 Å². The lowest BCUT2D eigenvalue weighted by Crippen LogP contribution is -2.44. The van der Waals surface area contributed by atoms with Crippen molar-refractivity contribution in [3.05, 3.63) is 29.8 Å². The van der Waals surface area contributed by atoms with E-state index < -0.39 is 5.82 Å². The van der Waals surface area contributed by atoms with Crippen LogP contribution in [-0.4, -0.2) is 41.5 Å². The second-order valence-corrected chi connectivity index (χ2v) is 5.68. The van der Waals surface area contributed by atoms with E-state index in [4.69, 9.17) is 0 Å². The summed E-state index contributed by atoms with van der Waals surface area (Å²) >= 11 is 0. The number of hydrogen-bond donors (Lipinski definition) is 1. The van der Waals surface area contributed by atoms with Crippen LogP contribution in [0.25, 0.3) is 0 Å². The molecule has 1 unspecified atom stereocenters. The van der Waals surface area contributed by atoms with E-state index in [1.54, 1.807) is 0 Å². The van der Waals surface area contributed by atoms with Crippen molar-refractivity contribution < 1.29 is 9.18 Å². The second kappa shape index (κ2) is 6.79. The molecule has 1 fully saturated rings. The maximum absolute atomic E-state index is 12.8. The predicted octanol–water partition coefficient (Wildman–Crippen LogP) is 2.07. The molecule has 2 heterocycles. The van der Waals surface area contributed by atoms with E-state index in [0.717, 1.165) is 38.7 Å². The van der Waals surface area contributed by atoms with Crippen LogP contribution in [0.15, 0.2) is 18.3 Å². The van der Waals surface area contributed by atoms with Crippen LogP contribution in [0.5, 0.6) is 0 Å². The molecule has 0 bridgehead atoms. The van der Waals surface area contributed by atoms with E-state index in [1.165, 1.54) is 12.1 Å². The van der Waals surface area contributed by atoms with E-state index in [1.807, 2.05) is 4.90 Å². The second-order valence-electron chi connectivity index (χ2n) is 5.68. The lowest BCUT2D eigenvalue weighted by molar-refractivity contribution is 0.0666. The van der Waals surface area contributed by atoms with Crippen molar-refractivity contribution in [2.45, 2.75) is 32.7 Å². The van der Waals surface area contributed by atoms with Gasteiger partial charge in [-0.15, -0.1) is 0 Å². The molecule has 20 heavy (non-hydrogen) atoms. The summed E-state index contributed by atoms with van der Waals surface area (Å²) in [5.74, 6) is -0.0333. The molecule has 0 aromatic carbocycles. The van der Waals surface area contributed by atoms with Crippen LogP contribution in [0.2, 0.25) is 0 Å². The Balaban J connectivity index is 1.94. The van der Waals surface area contributed by atoms with E-state index in [9.17, 15) is 9.18 Å². The minimum Gasteiger partial charge on any atom is -0.337 e. The fourth-order valence-electron chi connectivity index (χ4n) is 2.48. The number of nitrogens with one attached hydrogen (secondary N) is 1. The van der Waals surface area contributed by atoms with Crippen molar-refractivity contribution in [1.82, 2.24) is 15.2 Å². The number of hydrogen-bond acceptors (Lipinski definition) is 3. The molecule has 1 N–H and O–H groups in total. The summed E-state index contributed by atoms with van der Waals surface area (Å²) in [4.78, 5) is 18.0. The Morgan fingerprint density at radius 1 is 1.55 bits per heavy atom. The molecular formula is C15H22FN3O. The van der Waals surface area contributed by atoms with Gasteiger partial charge in [0.15, 0.2) is 0 Å². The predicted molar refractivity (Wildman–Crippen MR) is 76.0 cm³/mol. The normalized spacial score (nSPS) is 19.4. The van der Waals surface area contributed by atoms with E-state index in [2.05, 4.69) is 24.1 Å². The number of carbonyl (C=O) groups is 1. The molecule has 1 aliphatic rings. The third-order valence-corrected chi connectivity index (χ3v) is 3.57. The van der Waals surface area contributed by atoms with Crippen LogP contribution >= 0.6 is 0 Å². The third kappa shape index (κ3) is 4.00.